The number of carboxylic acids is 1. The molecular formula is C12H14N4O4S. The molecule has 0 spiro atoms. The van der Waals surface area contributed by atoms with Gasteiger partial charge in [-0.1, -0.05) is 6.92 Å². The Morgan fingerprint density at radius 3 is 2.90 bits per heavy atom. The van der Waals surface area contributed by atoms with Gasteiger partial charge in [0.1, 0.15) is 29.2 Å². The van der Waals surface area contributed by atoms with E-state index in [1.807, 2.05) is 6.92 Å². The lowest BCUT2D eigenvalue weighted by molar-refractivity contribution is -0.135. The topological polar surface area (TPSA) is 117 Å². The fraction of sp³-hybridized carbons (Fsp3) is 0.333. The van der Waals surface area contributed by atoms with Gasteiger partial charge < -0.3 is 15.5 Å². The predicted octanol–water partition coefficient (Wildman–Crippen LogP) is 0.751. The Bertz CT molecular complexity index is 685. The van der Waals surface area contributed by atoms with Crippen molar-refractivity contribution in [2.75, 3.05) is 12.3 Å². The standard InChI is InChI=1S/C12H14N4O4S/c1-2-3-21-8-4-7(17)10(11-14-6-15-16(8)11)12(20)13-5-9(18)19/h4,6,17H,2-3,5H2,1H3,(H,13,20)(H,18,19). The highest BCUT2D eigenvalue weighted by molar-refractivity contribution is 7.99. The molecule has 0 fully saturated rings. The summed E-state index contributed by atoms with van der Waals surface area (Å²) in [6.07, 6.45) is 2.22. The number of aliphatic carboxylic acids is 1. The van der Waals surface area contributed by atoms with Gasteiger partial charge in [0.05, 0.1) is 0 Å². The lowest BCUT2D eigenvalue weighted by Crippen LogP contribution is -2.29. The van der Waals surface area contributed by atoms with E-state index < -0.39 is 18.4 Å². The van der Waals surface area contributed by atoms with Crippen molar-refractivity contribution in [2.24, 2.45) is 0 Å². The molecular weight excluding hydrogens is 296 g/mol. The summed E-state index contributed by atoms with van der Waals surface area (Å²) >= 11 is 1.48. The smallest absolute Gasteiger partial charge is 0.322 e. The van der Waals surface area contributed by atoms with Gasteiger partial charge in [0.2, 0.25) is 0 Å². The summed E-state index contributed by atoms with van der Waals surface area (Å²) in [5, 5.41) is 25.5. The minimum atomic E-state index is -1.17. The number of hydrogen-bond donors (Lipinski definition) is 3. The van der Waals surface area contributed by atoms with Gasteiger partial charge in [-0.15, -0.1) is 11.8 Å². The van der Waals surface area contributed by atoms with E-state index in [1.54, 1.807) is 0 Å². The highest BCUT2D eigenvalue weighted by atomic mass is 32.2. The number of aromatic nitrogens is 3. The Labute approximate surface area is 124 Å². The van der Waals surface area contributed by atoms with E-state index in [-0.39, 0.29) is 17.0 Å². The van der Waals surface area contributed by atoms with Crippen LogP contribution < -0.4 is 5.32 Å². The van der Waals surface area contributed by atoms with Crippen LogP contribution in [-0.4, -0.2) is 49.0 Å². The molecule has 0 saturated carbocycles. The number of carbonyl (C=O) groups excluding carboxylic acids is 1. The van der Waals surface area contributed by atoms with Crippen LogP contribution in [0.4, 0.5) is 0 Å². The molecule has 2 aromatic heterocycles. The molecule has 0 aliphatic carbocycles. The molecule has 0 atom stereocenters. The van der Waals surface area contributed by atoms with Gasteiger partial charge in [0, 0.05) is 6.07 Å². The Hall–Kier alpha value is -2.29. The van der Waals surface area contributed by atoms with Crippen LogP contribution in [0.25, 0.3) is 5.65 Å². The highest BCUT2D eigenvalue weighted by Crippen LogP contribution is 2.28. The lowest BCUT2D eigenvalue weighted by Gasteiger charge is -2.09. The minimum Gasteiger partial charge on any atom is -0.507 e. The monoisotopic (exact) mass is 310 g/mol. The van der Waals surface area contributed by atoms with Crippen LogP contribution >= 0.6 is 11.8 Å². The zero-order chi connectivity index (χ0) is 15.4. The van der Waals surface area contributed by atoms with Crippen LogP contribution in [0.5, 0.6) is 5.75 Å². The van der Waals surface area contributed by atoms with Gasteiger partial charge in [0.25, 0.3) is 5.91 Å². The van der Waals surface area contributed by atoms with Crippen LogP contribution in [0, 0.1) is 0 Å². The lowest BCUT2D eigenvalue weighted by atomic mass is 10.2. The van der Waals surface area contributed by atoms with E-state index in [4.69, 9.17) is 5.11 Å². The first-order valence-corrected chi connectivity index (χ1v) is 7.21. The first kappa shape index (κ1) is 15.1. The second-order valence-corrected chi connectivity index (χ2v) is 5.28. The van der Waals surface area contributed by atoms with Crippen LogP contribution in [0.15, 0.2) is 17.4 Å². The maximum Gasteiger partial charge on any atom is 0.322 e. The van der Waals surface area contributed by atoms with Crippen LogP contribution in [-0.2, 0) is 4.79 Å². The third-order valence-electron chi connectivity index (χ3n) is 2.58. The number of aromatic hydroxyl groups is 1. The van der Waals surface area contributed by atoms with Crippen molar-refractivity contribution in [3.63, 3.8) is 0 Å². The van der Waals surface area contributed by atoms with Crippen LogP contribution in [0.3, 0.4) is 0 Å². The number of nitrogens with zero attached hydrogens (tertiary/aromatic N) is 3. The normalized spacial score (nSPS) is 10.7. The zero-order valence-corrected chi connectivity index (χ0v) is 12.1. The number of thioether (sulfide) groups is 1. The molecule has 0 aromatic carbocycles. The number of carbonyl (C=O) groups is 2. The largest absolute Gasteiger partial charge is 0.507 e. The third kappa shape index (κ3) is 3.24. The first-order valence-electron chi connectivity index (χ1n) is 6.23. The average molecular weight is 310 g/mol. The number of rotatable bonds is 6. The fourth-order valence-corrected chi connectivity index (χ4v) is 2.57. The second kappa shape index (κ2) is 6.44. The third-order valence-corrected chi connectivity index (χ3v) is 3.78. The SMILES string of the molecule is CCCSc1cc(O)c(C(=O)NCC(=O)O)c2ncnn12. The maximum atomic E-state index is 12.0. The fourth-order valence-electron chi connectivity index (χ4n) is 1.71. The summed E-state index contributed by atoms with van der Waals surface area (Å²) in [6, 6.07) is 1.43. The second-order valence-electron chi connectivity index (χ2n) is 4.16. The molecule has 0 bridgehead atoms. The maximum absolute atomic E-state index is 12.0. The van der Waals surface area contributed by atoms with Crippen molar-refractivity contribution in [1.82, 2.24) is 19.9 Å². The first-order chi connectivity index (χ1) is 10.0. The van der Waals surface area contributed by atoms with Gasteiger partial charge in [-0.05, 0) is 12.2 Å². The van der Waals surface area contributed by atoms with Gasteiger partial charge >= 0.3 is 5.97 Å². The number of nitrogens with one attached hydrogen (secondary N) is 1. The molecule has 3 N–H and O–H groups in total. The molecule has 2 rings (SSSR count). The van der Waals surface area contributed by atoms with Crippen molar-refractivity contribution in [3.05, 3.63) is 18.0 Å². The van der Waals surface area contributed by atoms with E-state index in [9.17, 15) is 14.7 Å². The molecule has 9 heteroatoms. The van der Waals surface area contributed by atoms with Crippen LogP contribution in [0.1, 0.15) is 23.7 Å². The Morgan fingerprint density at radius 1 is 1.48 bits per heavy atom. The number of carboxylic acid groups (broad SMARTS) is 1. The van der Waals surface area contributed by atoms with Crippen molar-refractivity contribution < 1.29 is 19.8 Å². The Balaban J connectivity index is 2.41. The molecule has 0 radical (unpaired) electrons. The summed E-state index contributed by atoms with van der Waals surface area (Å²) in [6.45, 7) is 1.49. The average Bonchev–Trinajstić information content (AvgIpc) is 2.91. The molecule has 2 aromatic rings. The number of pyridine rings is 1. The van der Waals surface area contributed by atoms with E-state index in [0.717, 1.165) is 12.2 Å². The van der Waals surface area contributed by atoms with Gasteiger partial charge in [-0.2, -0.15) is 5.10 Å². The van der Waals surface area contributed by atoms with E-state index in [0.29, 0.717) is 5.03 Å². The molecule has 0 unspecified atom stereocenters. The number of hydrogen-bond acceptors (Lipinski definition) is 6. The predicted molar refractivity (Wildman–Crippen MR) is 75.6 cm³/mol. The number of amides is 1. The van der Waals surface area contributed by atoms with Crippen molar-refractivity contribution in [1.29, 1.82) is 0 Å². The molecule has 2 heterocycles. The molecule has 0 aliphatic heterocycles. The molecule has 112 valence electrons. The Kier molecular flexibility index (Phi) is 4.63. The van der Waals surface area contributed by atoms with E-state index in [1.165, 1.54) is 28.7 Å². The summed E-state index contributed by atoms with van der Waals surface area (Å²) in [7, 11) is 0. The Morgan fingerprint density at radius 2 is 2.24 bits per heavy atom. The van der Waals surface area contributed by atoms with Gasteiger partial charge in [-0.3, -0.25) is 9.59 Å². The zero-order valence-electron chi connectivity index (χ0n) is 11.2. The molecule has 0 aliphatic rings. The van der Waals surface area contributed by atoms with E-state index >= 15 is 0 Å². The molecule has 8 nitrogen and oxygen atoms in total. The highest BCUT2D eigenvalue weighted by Gasteiger charge is 2.20. The van der Waals surface area contributed by atoms with Crippen LogP contribution in [0.2, 0.25) is 0 Å². The summed E-state index contributed by atoms with van der Waals surface area (Å²) < 4.78 is 1.45. The molecule has 1 amide bonds. The van der Waals surface area contributed by atoms with Gasteiger partial charge in [0.15, 0.2) is 5.65 Å². The van der Waals surface area contributed by atoms with Gasteiger partial charge in [-0.25, -0.2) is 9.50 Å². The minimum absolute atomic E-state index is 0.0883. The van der Waals surface area contributed by atoms with Crippen molar-refractivity contribution in [2.45, 2.75) is 18.4 Å². The number of fused-ring (bicyclic) bond motifs is 1. The quantitative estimate of drug-likeness (QED) is 0.674. The summed E-state index contributed by atoms with van der Waals surface area (Å²) in [5.74, 6) is -1.30. The summed E-state index contributed by atoms with van der Waals surface area (Å²) in [5.41, 5.74) is 0.103. The van der Waals surface area contributed by atoms with Crippen molar-refractivity contribution >= 4 is 29.3 Å². The van der Waals surface area contributed by atoms with E-state index in [2.05, 4.69) is 15.4 Å². The van der Waals surface area contributed by atoms with Crippen molar-refractivity contribution in [3.8, 4) is 5.75 Å². The summed E-state index contributed by atoms with van der Waals surface area (Å²) in [4.78, 5) is 26.4. The molecule has 0 saturated heterocycles. The molecule has 21 heavy (non-hydrogen) atoms.